The van der Waals surface area contributed by atoms with Crippen LogP contribution < -0.4 is 0 Å². The van der Waals surface area contributed by atoms with Crippen LogP contribution in [0.1, 0.15) is 78.1 Å². The summed E-state index contributed by atoms with van der Waals surface area (Å²) in [7, 11) is -7.27. The summed E-state index contributed by atoms with van der Waals surface area (Å²) >= 11 is 8.07. The molecule has 2 unspecified atom stereocenters. The first-order chi connectivity index (χ1) is 11.1. The average Bonchev–Trinajstić information content (AvgIpc) is 2.45. The van der Waals surface area contributed by atoms with Crippen molar-refractivity contribution >= 4 is 40.5 Å². The van der Waals surface area contributed by atoms with E-state index in [0.717, 1.165) is 38.5 Å². The molecule has 6 nitrogen and oxygen atoms in total. The van der Waals surface area contributed by atoms with E-state index >= 15 is 0 Å². The van der Waals surface area contributed by atoms with Crippen molar-refractivity contribution in [2.24, 2.45) is 0 Å². The number of hydrogen-bond donors (Lipinski definition) is 0. The Balaban J connectivity index is -0.000000372. The Labute approximate surface area is 173 Å². The van der Waals surface area contributed by atoms with Gasteiger partial charge in [-0.2, -0.15) is 0 Å². The minimum absolute atomic E-state index is 0. The van der Waals surface area contributed by atoms with Gasteiger partial charge in [-0.25, -0.2) is 8.42 Å². The summed E-state index contributed by atoms with van der Waals surface area (Å²) in [6.07, 6.45) is 10.6. The van der Waals surface area contributed by atoms with E-state index in [9.17, 15) is 17.5 Å². The van der Waals surface area contributed by atoms with E-state index in [0.29, 0.717) is 0 Å². The molecule has 25 heavy (non-hydrogen) atoms. The van der Waals surface area contributed by atoms with E-state index in [2.05, 4.69) is 44.6 Å². The standard InChI is InChI=1S/2C7H16O3S2.Ni/c2*1-2-3-4-5-6-7-10-12(8,9)11;/h2*2-7H2,1H3,(H,8,9,11);/q;;+2/p-2. The summed E-state index contributed by atoms with van der Waals surface area (Å²) in [4.78, 5) is 0. The first-order valence-electron chi connectivity index (χ1n) is 8.32. The first-order valence-corrected chi connectivity index (χ1v) is 13.0. The van der Waals surface area contributed by atoms with Crippen LogP contribution in [0.15, 0.2) is 0 Å². The van der Waals surface area contributed by atoms with Crippen LogP contribution in [-0.2, 0) is 65.3 Å². The van der Waals surface area contributed by atoms with E-state index < -0.39 is 18.1 Å². The van der Waals surface area contributed by atoms with Crippen LogP contribution in [0.25, 0.3) is 0 Å². The zero-order chi connectivity index (χ0) is 18.9. The van der Waals surface area contributed by atoms with Gasteiger partial charge in [0.25, 0.3) is 0 Å². The number of rotatable bonds is 14. The zero-order valence-electron chi connectivity index (χ0n) is 14.9. The van der Waals surface area contributed by atoms with Crippen molar-refractivity contribution in [1.82, 2.24) is 0 Å². The van der Waals surface area contributed by atoms with E-state index in [1.54, 1.807) is 0 Å². The second-order valence-electron chi connectivity index (χ2n) is 5.29. The average molecular weight is 481 g/mol. The largest absolute Gasteiger partial charge is 2.00 e. The van der Waals surface area contributed by atoms with Gasteiger partial charge in [0, 0.05) is 0 Å². The van der Waals surface area contributed by atoms with Crippen molar-refractivity contribution in [3.8, 4) is 0 Å². The maximum Gasteiger partial charge on any atom is 2.00 e. The molecule has 0 aromatic carbocycles. The molecule has 0 aliphatic heterocycles. The van der Waals surface area contributed by atoms with Crippen molar-refractivity contribution in [1.29, 1.82) is 0 Å². The Morgan fingerprint density at radius 3 is 1.20 bits per heavy atom. The SMILES string of the molecule is CCCCCCCOS(=O)([O-])=S.CCCCCCCOS(=O)([O-])=S.[Ni+2]. The number of hydrogen-bond acceptors (Lipinski definition) is 8. The topological polar surface area (TPSA) is 98.7 Å². The molecule has 2 atom stereocenters. The Morgan fingerprint density at radius 2 is 0.960 bits per heavy atom. The number of unbranched alkanes of at least 4 members (excludes halogenated alkanes) is 8. The molecule has 0 aliphatic rings. The van der Waals surface area contributed by atoms with Crippen molar-refractivity contribution in [3.05, 3.63) is 0 Å². The predicted molar refractivity (Wildman–Crippen MR) is 102 cm³/mol. The molecule has 0 rings (SSSR count). The molecule has 0 N–H and O–H groups in total. The molecule has 11 heteroatoms. The Hall–Kier alpha value is 1.07. The van der Waals surface area contributed by atoms with Gasteiger partial charge in [-0.05, 0) is 35.2 Å². The molecule has 0 amide bonds. The summed E-state index contributed by atoms with van der Waals surface area (Å²) in [5, 5.41) is 0. The molecule has 0 spiro atoms. The van der Waals surface area contributed by atoms with Gasteiger partial charge in [-0.3, -0.25) is 8.37 Å². The fraction of sp³-hybridized carbons (Fsp3) is 1.00. The van der Waals surface area contributed by atoms with Gasteiger partial charge in [0.15, 0.2) is 0 Å². The van der Waals surface area contributed by atoms with Crippen molar-refractivity contribution in [3.63, 3.8) is 0 Å². The maximum atomic E-state index is 10.3. The second kappa shape index (κ2) is 19.8. The molecule has 0 aromatic heterocycles. The minimum Gasteiger partial charge on any atom is -0.748 e. The van der Waals surface area contributed by atoms with E-state index in [1.807, 2.05) is 0 Å². The van der Waals surface area contributed by atoms with Crippen LogP contribution in [-0.4, -0.2) is 30.7 Å². The molecule has 0 aromatic rings. The summed E-state index contributed by atoms with van der Waals surface area (Å²) in [5.74, 6) is 0. The normalized spacial score (nSPS) is 15.2. The summed E-state index contributed by atoms with van der Waals surface area (Å²) in [6.45, 7) is 4.72. The fourth-order valence-corrected chi connectivity index (χ4v) is 2.79. The molecule has 0 radical (unpaired) electrons. The van der Waals surface area contributed by atoms with E-state index in [4.69, 9.17) is 0 Å². The van der Waals surface area contributed by atoms with Gasteiger partial charge in [0.1, 0.15) is 0 Å². The summed E-state index contributed by atoms with van der Waals surface area (Å²) in [6, 6.07) is 0. The van der Waals surface area contributed by atoms with Crippen LogP contribution in [0.2, 0.25) is 0 Å². The minimum atomic E-state index is -3.63. The molecule has 0 aliphatic carbocycles. The second-order valence-corrected chi connectivity index (χ2v) is 9.84. The Morgan fingerprint density at radius 1 is 0.680 bits per heavy atom. The van der Waals surface area contributed by atoms with Gasteiger partial charge in [0.05, 0.1) is 31.3 Å². The van der Waals surface area contributed by atoms with Gasteiger partial charge in [-0.15, -0.1) is 0 Å². The van der Waals surface area contributed by atoms with Crippen LogP contribution in [0.5, 0.6) is 0 Å². The third-order valence-electron chi connectivity index (χ3n) is 2.95. The van der Waals surface area contributed by atoms with E-state index in [1.165, 1.54) is 25.7 Å². The third kappa shape index (κ3) is 36.7. The van der Waals surface area contributed by atoms with Crippen molar-refractivity contribution in [2.75, 3.05) is 13.2 Å². The van der Waals surface area contributed by atoms with E-state index in [-0.39, 0.29) is 29.7 Å². The molecule has 0 bridgehead atoms. The smallest absolute Gasteiger partial charge is 0.748 e. The molecule has 0 fully saturated rings. The van der Waals surface area contributed by atoms with Gasteiger partial charge < -0.3 is 9.11 Å². The van der Waals surface area contributed by atoms with Crippen LogP contribution in [0.3, 0.4) is 0 Å². The Bertz CT molecular complexity index is 424. The molecule has 0 saturated heterocycles. The molecule has 156 valence electrons. The Kier molecular flexibility index (Phi) is 24.4. The van der Waals surface area contributed by atoms with Crippen LogP contribution in [0, 0.1) is 0 Å². The molecule has 0 heterocycles. The molecular weight excluding hydrogens is 451 g/mol. The monoisotopic (exact) mass is 480 g/mol. The van der Waals surface area contributed by atoms with Gasteiger partial charge in [0.2, 0.25) is 0 Å². The van der Waals surface area contributed by atoms with Gasteiger partial charge in [-0.1, -0.05) is 65.2 Å². The van der Waals surface area contributed by atoms with Gasteiger partial charge >= 0.3 is 16.5 Å². The quantitative estimate of drug-likeness (QED) is 0.275. The first kappa shape index (κ1) is 30.8. The molecule has 0 saturated carbocycles. The summed E-state index contributed by atoms with van der Waals surface area (Å²) in [5.41, 5.74) is 0. The third-order valence-corrected chi connectivity index (χ3v) is 4.44. The van der Waals surface area contributed by atoms with Crippen molar-refractivity contribution < 1.29 is 42.4 Å². The maximum absolute atomic E-state index is 10.3. The fourth-order valence-electron chi connectivity index (χ4n) is 1.73. The zero-order valence-corrected chi connectivity index (χ0v) is 19.1. The van der Waals surface area contributed by atoms with Crippen LogP contribution >= 0.6 is 0 Å². The molecular formula is C14H30NiO6S4. The van der Waals surface area contributed by atoms with Crippen LogP contribution in [0.4, 0.5) is 0 Å². The summed E-state index contributed by atoms with van der Waals surface area (Å²) < 4.78 is 50.0. The van der Waals surface area contributed by atoms with Crippen molar-refractivity contribution in [2.45, 2.75) is 78.1 Å². The predicted octanol–water partition coefficient (Wildman–Crippen LogP) is 3.53.